The van der Waals surface area contributed by atoms with Crippen molar-refractivity contribution in [1.29, 1.82) is 0 Å². The minimum atomic E-state index is -0.508. The second-order valence-corrected chi connectivity index (χ2v) is 4.62. The molecule has 1 aromatic heterocycles. The predicted octanol–water partition coefficient (Wildman–Crippen LogP) is 3.80. The number of nitrogens with zero attached hydrogens (tertiary/aromatic N) is 2. The summed E-state index contributed by atoms with van der Waals surface area (Å²) in [6.45, 7) is 1.66. The Labute approximate surface area is 120 Å². The second kappa shape index (κ2) is 5.44. The Kier molecular flexibility index (Phi) is 3.48. The van der Waals surface area contributed by atoms with E-state index in [0.29, 0.717) is 11.7 Å². The van der Waals surface area contributed by atoms with E-state index in [4.69, 9.17) is 4.74 Å². The standard InChI is InChI=1S/C16H12F2N2O/c1-10-19-15-5-3-2-4-13(15)16(20-10)21-9-11-8-12(17)6-7-14(11)18/h2-8H,9H2,1H3. The molecule has 0 aliphatic rings. The van der Waals surface area contributed by atoms with Crippen LogP contribution in [0.4, 0.5) is 8.78 Å². The molecule has 21 heavy (non-hydrogen) atoms. The molecule has 0 atom stereocenters. The summed E-state index contributed by atoms with van der Waals surface area (Å²) in [6, 6.07) is 10.7. The Morgan fingerprint density at radius 3 is 2.71 bits per heavy atom. The molecule has 0 amide bonds. The van der Waals surface area contributed by atoms with Gasteiger partial charge in [0.1, 0.15) is 24.1 Å². The molecule has 0 unspecified atom stereocenters. The van der Waals surface area contributed by atoms with Crippen LogP contribution >= 0.6 is 0 Å². The predicted molar refractivity (Wildman–Crippen MR) is 75.0 cm³/mol. The van der Waals surface area contributed by atoms with Gasteiger partial charge >= 0.3 is 0 Å². The van der Waals surface area contributed by atoms with Crippen molar-refractivity contribution in [2.75, 3.05) is 0 Å². The molecule has 0 fully saturated rings. The molecule has 2 aromatic carbocycles. The molecular weight excluding hydrogens is 274 g/mol. The van der Waals surface area contributed by atoms with Gasteiger partial charge in [-0.2, -0.15) is 4.98 Å². The number of para-hydroxylation sites is 1. The molecule has 0 spiro atoms. The summed E-state index contributed by atoms with van der Waals surface area (Å²) >= 11 is 0. The maximum atomic E-state index is 13.6. The molecule has 0 aliphatic heterocycles. The fraction of sp³-hybridized carbons (Fsp3) is 0.125. The lowest BCUT2D eigenvalue weighted by atomic mass is 10.2. The lowest BCUT2D eigenvalue weighted by Crippen LogP contribution is -2.02. The van der Waals surface area contributed by atoms with E-state index < -0.39 is 11.6 Å². The molecule has 0 bridgehead atoms. The van der Waals surface area contributed by atoms with Gasteiger partial charge in [-0.15, -0.1) is 0 Å². The zero-order valence-corrected chi connectivity index (χ0v) is 11.3. The third-order valence-electron chi connectivity index (χ3n) is 3.05. The van der Waals surface area contributed by atoms with Crippen molar-refractivity contribution in [3.8, 4) is 5.88 Å². The molecule has 0 radical (unpaired) electrons. The third-order valence-corrected chi connectivity index (χ3v) is 3.05. The van der Waals surface area contributed by atoms with Crippen molar-refractivity contribution in [2.45, 2.75) is 13.5 Å². The number of ether oxygens (including phenoxy) is 1. The quantitative estimate of drug-likeness (QED) is 0.734. The highest BCUT2D eigenvalue weighted by atomic mass is 19.1. The van der Waals surface area contributed by atoms with Crippen molar-refractivity contribution < 1.29 is 13.5 Å². The zero-order valence-electron chi connectivity index (χ0n) is 11.3. The van der Waals surface area contributed by atoms with Gasteiger partial charge in [-0.25, -0.2) is 13.8 Å². The molecule has 5 heteroatoms. The summed E-state index contributed by atoms with van der Waals surface area (Å²) in [4.78, 5) is 8.52. The van der Waals surface area contributed by atoms with Gasteiger partial charge in [-0.1, -0.05) is 12.1 Å². The van der Waals surface area contributed by atoms with Crippen LogP contribution in [0.3, 0.4) is 0 Å². The highest BCUT2D eigenvalue weighted by Crippen LogP contribution is 2.23. The normalized spacial score (nSPS) is 10.8. The van der Waals surface area contributed by atoms with Gasteiger partial charge in [0.05, 0.1) is 10.9 Å². The van der Waals surface area contributed by atoms with E-state index in [1.165, 1.54) is 0 Å². The largest absolute Gasteiger partial charge is 0.472 e. The average molecular weight is 286 g/mol. The molecule has 0 aliphatic carbocycles. The smallest absolute Gasteiger partial charge is 0.225 e. The van der Waals surface area contributed by atoms with Crippen molar-refractivity contribution in [2.24, 2.45) is 0 Å². The van der Waals surface area contributed by atoms with Crippen LogP contribution in [-0.4, -0.2) is 9.97 Å². The SMILES string of the molecule is Cc1nc(OCc2cc(F)ccc2F)c2ccccc2n1. The highest BCUT2D eigenvalue weighted by Gasteiger charge is 2.09. The van der Waals surface area contributed by atoms with Crippen LogP contribution in [0, 0.1) is 18.6 Å². The number of halogens is 2. The Morgan fingerprint density at radius 2 is 1.86 bits per heavy atom. The monoisotopic (exact) mass is 286 g/mol. The van der Waals surface area contributed by atoms with E-state index in [-0.39, 0.29) is 12.2 Å². The van der Waals surface area contributed by atoms with Gasteiger partial charge in [0.25, 0.3) is 0 Å². The molecule has 3 rings (SSSR count). The Bertz CT molecular complexity index is 805. The Morgan fingerprint density at radius 1 is 1.05 bits per heavy atom. The van der Waals surface area contributed by atoms with E-state index in [1.54, 1.807) is 6.92 Å². The summed E-state index contributed by atoms with van der Waals surface area (Å²) in [5.41, 5.74) is 0.898. The first kappa shape index (κ1) is 13.4. The van der Waals surface area contributed by atoms with Crippen molar-refractivity contribution >= 4 is 10.9 Å². The maximum absolute atomic E-state index is 13.6. The number of hydrogen-bond donors (Lipinski definition) is 0. The first-order valence-electron chi connectivity index (χ1n) is 6.43. The lowest BCUT2D eigenvalue weighted by molar-refractivity contribution is 0.290. The van der Waals surface area contributed by atoms with Crippen molar-refractivity contribution in [3.05, 3.63) is 65.5 Å². The van der Waals surface area contributed by atoms with Crippen molar-refractivity contribution in [3.63, 3.8) is 0 Å². The minimum absolute atomic E-state index is 0.0932. The lowest BCUT2D eigenvalue weighted by Gasteiger charge is -2.09. The van der Waals surface area contributed by atoms with Gasteiger partial charge in [0.15, 0.2) is 0 Å². The number of rotatable bonds is 3. The van der Waals surface area contributed by atoms with Gasteiger partial charge in [0.2, 0.25) is 5.88 Å². The van der Waals surface area contributed by atoms with Gasteiger partial charge in [-0.3, -0.25) is 0 Å². The van der Waals surface area contributed by atoms with Crippen LogP contribution in [-0.2, 0) is 6.61 Å². The highest BCUT2D eigenvalue weighted by molar-refractivity contribution is 5.83. The fourth-order valence-corrected chi connectivity index (χ4v) is 2.07. The van der Waals surface area contributed by atoms with Crippen LogP contribution in [0.1, 0.15) is 11.4 Å². The van der Waals surface area contributed by atoms with Crippen LogP contribution in [0.2, 0.25) is 0 Å². The van der Waals surface area contributed by atoms with E-state index >= 15 is 0 Å². The number of fused-ring (bicyclic) bond motifs is 1. The molecule has 0 N–H and O–H groups in total. The van der Waals surface area contributed by atoms with Gasteiger partial charge < -0.3 is 4.74 Å². The molecular formula is C16H12F2N2O. The van der Waals surface area contributed by atoms with E-state index in [2.05, 4.69) is 9.97 Å². The van der Waals surface area contributed by atoms with E-state index in [0.717, 1.165) is 29.1 Å². The zero-order chi connectivity index (χ0) is 14.8. The van der Waals surface area contributed by atoms with Crippen LogP contribution in [0.25, 0.3) is 10.9 Å². The Hall–Kier alpha value is -2.56. The van der Waals surface area contributed by atoms with Gasteiger partial charge in [0, 0.05) is 5.56 Å². The second-order valence-electron chi connectivity index (χ2n) is 4.62. The number of aryl methyl sites for hydroxylation is 1. The average Bonchev–Trinajstić information content (AvgIpc) is 2.47. The fourth-order valence-electron chi connectivity index (χ4n) is 2.07. The summed E-state index contributed by atoms with van der Waals surface area (Å²) in [5.74, 6) is -0.0876. The van der Waals surface area contributed by atoms with Crippen molar-refractivity contribution in [1.82, 2.24) is 9.97 Å². The van der Waals surface area contributed by atoms with Gasteiger partial charge in [-0.05, 0) is 37.3 Å². The number of hydrogen-bond acceptors (Lipinski definition) is 3. The Balaban J connectivity index is 1.93. The molecule has 3 aromatic rings. The number of aromatic nitrogens is 2. The maximum Gasteiger partial charge on any atom is 0.225 e. The summed E-state index contributed by atoms with van der Waals surface area (Å²) in [6.07, 6.45) is 0. The molecule has 0 saturated carbocycles. The van der Waals surface area contributed by atoms with Crippen LogP contribution in [0.5, 0.6) is 5.88 Å². The summed E-state index contributed by atoms with van der Waals surface area (Å²) in [7, 11) is 0. The van der Waals surface area contributed by atoms with Crippen LogP contribution in [0.15, 0.2) is 42.5 Å². The van der Waals surface area contributed by atoms with E-state index in [1.807, 2.05) is 24.3 Å². The molecule has 1 heterocycles. The molecule has 3 nitrogen and oxygen atoms in total. The first-order chi connectivity index (χ1) is 10.1. The number of benzene rings is 2. The van der Waals surface area contributed by atoms with E-state index in [9.17, 15) is 8.78 Å². The van der Waals surface area contributed by atoms with Crippen LogP contribution < -0.4 is 4.74 Å². The first-order valence-corrected chi connectivity index (χ1v) is 6.43. The molecule has 0 saturated heterocycles. The molecule has 106 valence electrons. The topological polar surface area (TPSA) is 35.0 Å². The third kappa shape index (κ3) is 2.81. The minimum Gasteiger partial charge on any atom is -0.472 e. The summed E-state index contributed by atoms with van der Waals surface area (Å²) in [5, 5.41) is 0.736. The summed E-state index contributed by atoms with van der Waals surface area (Å²) < 4.78 is 32.3.